The fourth-order valence-corrected chi connectivity index (χ4v) is 3.05. The fourth-order valence-electron chi connectivity index (χ4n) is 2.86. The minimum atomic E-state index is -0.476. The van der Waals surface area contributed by atoms with Gasteiger partial charge in [-0.2, -0.15) is 0 Å². The Labute approximate surface area is 164 Å². The summed E-state index contributed by atoms with van der Waals surface area (Å²) in [5.41, 5.74) is 1.00. The highest BCUT2D eigenvalue weighted by molar-refractivity contribution is 6.31. The van der Waals surface area contributed by atoms with E-state index in [1.807, 2.05) is 0 Å². The smallest absolute Gasteiger partial charge is 0.255 e. The Morgan fingerprint density at radius 2 is 1.79 bits per heavy atom. The number of benzene rings is 3. The van der Waals surface area contributed by atoms with Crippen LogP contribution in [0.4, 0.5) is 10.1 Å². The number of halogens is 2. The standard InChI is InChI=1S/C22H13ClFNO3/c23-14-5-3-4-13(10-14)22(27)25-15-8-9-20-17(11-15)19(26)12-21(28-20)16-6-1-2-7-18(16)24/h1-12H,(H,25,27). The van der Waals surface area contributed by atoms with Crippen molar-refractivity contribution >= 4 is 34.2 Å². The lowest BCUT2D eigenvalue weighted by molar-refractivity contribution is 0.102. The number of hydrogen-bond acceptors (Lipinski definition) is 3. The maximum atomic E-state index is 14.0. The van der Waals surface area contributed by atoms with Crippen LogP contribution in [0.1, 0.15) is 10.4 Å². The normalized spacial score (nSPS) is 10.8. The van der Waals surface area contributed by atoms with Crippen molar-refractivity contribution in [2.45, 2.75) is 0 Å². The molecule has 0 saturated carbocycles. The molecule has 0 radical (unpaired) electrons. The van der Waals surface area contributed by atoms with E-state index in [-0.39, 0.29) is 28.0 Å². The van der Waals surface area contributed by atoms with E-state index in [9.17, 15) is 14.0 Å². The summed E-state index contributed by atoms with van der Waals surface area (Å²) >= 11 is 5.91. The van der Waals surface area contributed by atoms with Crippen LogP contribution in [0.15, 0.2) is 82.0 Å². The largest absolute Gasteiger partial charge is 0.456 e. The second kappa shape index (κ2) is 7.29. The second-order valence-electron chi connectivity index (χ2n) is 6.13. The number of rotatable bonds is 3. The molecule has 4 rings (SSSR count). The third kappa shape index (κ3) is 3.52. The molecule has 0 saturated heterocycles. The Balaban J connectivity index is 1.69. The molecule has 3 aromatic carbocycles. The van der Waals surface area contributed by atoms with E-state index < -0.39 is 5.82 Å². The molecule has 1 aromatic heterocycles. The van der Waals surface area contributed by atoms with Crippen molar-refractivity contribution < 1.29 is 13.6 Å². The van der Waals surface area contributed by atoms with Crippen LogP contribution in [0.5, 0.6) is 0 Å². The highest BCUT2D eigenvalue weighted by atomic mass is 35.5. The highest BCUT2D eigenvalue weighted by Crippen LogP contribution is 2.26. The van der Waals surface area contributed by atoms with Crippen molar-refractivity contribution in [3.8, 4) is 11.3 Å². The average Bonchev–Trinajstić information content (AvgIpc) is 2.68. The van der Waals surface area contributed by atoms with E-state index in [2.05, 4.69) is 5.32 Å². The zero-order chi connectivity index (χ0) is 19.7. The molecule has 1 heterocycles. The lowest BCUT2D eigenvalue weighted by atomic mass is 10.1. The first-order chi connectivity index (χ1) is 13.5. The van der Waals surface area contributed by atoms with Gasteiger partial charge in [-0.3, -0.25) is 9.59 Å². The molecule has 4 nitrogen and oxygen atoms in total. The van der Waals surface area contributed by atoms with Crippen LogP contribution in [0.25, 0.3) is 22.3 Å². The van der Waals surface area contributed by atoms with Crippen LogP contribution in [0.2, 0.25) is 5.02 Å². The molecule has 0 aliphatic rings. The third-order valence-electron chi connectivity index (χ3n) is 4.21. The molecule has 0 fully saturated rings. The predicted molar refractivity (Wildman–Crippen MR) is 107 cm³/mol. The van der Waals surface area contributed by atoms with Crippen LogP contribution in [-0.4, -0.2) is 5.91 Å². The summed E-state index contributed by atoms with van der Waals surface area (Å²) in [6, 6.07) is 18.5. The van der Waals surface area contributed by atoms with Gasteiger partial charge in [-0.05, 0) is 48.5 Å². The molecule has 0 aliphatic heterocycles. The zero-order valence-corrected chi connectivity index (χ0v) is 15.2. The summed E-state index contributed by atoms with van der Waals surface area (Å²) in [5.74, 6) is -0.684. The van der Waals surface area contributed by atoms with Crippen molar-refractivity contribution in [1.82, 2.24) is 0 Å². The van der Waals surface area contributed by atoms with E-state index in [1.165, 1.54) is 18.2 Å². The van der Waals surface area contributed by atoms with Gasteiger partial charge in [0.2, 0.25) is 0 Å². The lowest BCUT2D eigenvalue weighted by Crippen LogP contribution is -2.12. The third-order valence-corrected chi connectivity index (χ3v) is 4.45. The summed E-state index contributed by atoms with van der Waals surface area (Å²) in [6.07, 6.45) is 0. The van der Waals surface area contributed by atoms with E-state index >= 15 is 0 Å². The van der Waals surface area contributed by atoms with Crippen molar-refractivity contribution in [2.75, 3.05) is 5.32 Å². The molecule has 28 heavy (non-hydrogen) atoms. The number of carbonyl (C=O) groups excluding carboxylic acids is 1. The van der Waals surface area contributed by atoms with Crippen molar-refractivity contribution in [3.05, 3.63) is 99.4 Å². The Hall–Kier alpha value is -3.44. The van der Waals surface area contributed by atoms with Crippen LogP contribution >= 0.6 is 11.6 Å². The minimum absolute atomic E-state index is 0.145. The van der Waals surface area contributed by atoms with Gasteiger partial charge in [0.1, 0.15) is 17.2 Å². The Bertz CT molecular complexity index is 1270. The van der Waals surface area contributed by atoms with Gasteiger partial charge in [-0.1, -0.05) is 29.8 Å². The van der Waals surface area contributed by atoms with E-state index in [4.69, 9.17) is 16.0 Å². The number of anilines is 1. The summed E-state index contributed by atoms with van der Waals surface area (Å²) in [5, 5.41) is 3.45. The maximum Gasteiger partial charge on any atom is 0.255 e. The van der Waals surface area contributed by atoms with E-state index in [1.54, 1.807) is 54.6 Å². The molecule has 0 unspecified atom stereocenters. The molecule has 4 aromatic rings. The molecule has 0 spiro atoms. The molecular formula is C22H13ClFNO3. The Kier molecular flexibility index (Phi) is 4.67. The minimum Gasteiger partial charge on any atom is -0.456 e. The number of fused-ring (bicyclic) bond motifs is 1. The quantitative estimate of drug-likeness (QED) is 0.499. The van der Waals surface area contributed by atoms with Gasteiger partial charge in [0.15, 0.2) is 5.43 Å². The van der Waals surface area contributed by atoms with Gasteiger partial charge in [0, 0.05) is 22.3 Å². The second-order valence-corrected chi connectivity index (χ2v) is 6.57. The number of amides is 1. The monoisotopic (exact) mass is 393 g/mol. The summed E-state index contributed by atoms with van der Waals surface area (Å²) in [4.78, 5) is 24.9. The molecular weight excluding hydrogens is 381 g/mol. The van der Waals surface area contributed by atoms with Crippen LogP contribution in [-0.2, 0) is 0 Å². The van der Waals surface area contributed by atoms with Crippen LogP contribution in [0.3, 0.4) is 0 Å². The molecule has 0 aliphatic carbocycles. The van der Waals surface area contributed by atoms with E-state index in [0.717, 1.165) is 0 Å². The summed E-state index contributed by atoms with van der Waals surface area (Å²) in [7, 11) is 0. The SMILES string of the molecule is O=C(Nc1ccc2oc(-c3ccccc3F)cc(=O)c2c1)c1cccc(Cl)c1. The molecule has 6 heteroatoms. The summed E-state index contributed by atoms with van der Waals surface area (Å²) < 4.78 is 19.7. The molecule has 0 atom stereocenters. The number of carbonyl (C=O) groups is 1. The first kappa shape index (κ1) is 17.9. The van der Waals surface area contributed by atoms with Gasteiger partial charge in [-0.15, -0.1) is 0 Å². The van der Waals surface area contributed by atoms with Gasteiger partial charge in [0.05, 0.1) is 10.9 Å². The Morgan fingerprint density at radius 1 is 0.964 bits per heavy atom. The first-order valence-electron chi connectivity index (χ1n) is 8.41. The predicted octanol–water partition coefficient (Wildman–Crippen LogP) is 5.50. The van der Waals surface area contributed by atoms with Crippen molar-refractivity contribution in [1.29, 1.82) is 0 Å². The summed E-state index contributed by atoms with van der Waals surface area (Å²) in [6.45, 7) is 0. The molecule has 0 bridgehead atoms. The molecule has 138 valence electrons. The van der Waals surface area contributed by atoms with Crippen LogP contribution < -0.4 is 10.7 Å². The lowest BCUT2D eigenvalue weighted by Gasteiger charge is -2.08. The number of nitrogens with one attached hydrogen (secondary N) is 1. The molecule has 1 amide bonds. The molecule has 1 N–H and O–H groups in total. The fraction of sp³-hybridized carbons (Fsp3) is 0. The zero-order valence-electron chi connectivity index (χ0n) is 14.4. The van der Waals surface area contributed by atoms with Gasteiger partial charge in [0.25, 0.3) is 5.91 Å². The highest BCUT2D eigenvalue weighted by Gasteiger charge is 2.12. The Morgan fingerprint density at radius 3 is 2.57 bits per heavy atom. The number of hydrogen-bond donors (Lipinski definition) is 1. The van der Waals surface area contributed by atoms with Gasteiger partial charge >= 0.3 is 0 Å². The van der Waals surface area contributed by atoms with Gasteiger partial charge in [-0.25, -0.2) is 4.39 Å². The topological polar surface area (TPSA) is 59.3 Å². The average molecular weight is 394 g/mol. The van der Waals surface area contributed by atoms with Crippen molar-refractivity contribution in [3.63, 3.8) is 0 Å². The van der Waals surface area contributed by atoms with Gasteiger partial charge < -0.3 is 9.73 Å². The van der Waals surface area contributed by atoms with Crippen molar-refractivity contribution in [2.24, 2.45) is 0 Å². The van der Waals surface area contributed by atoms with E-state index in [0.29, 0.717) is 21.9 Å². The maximum absolute atomic E-state index is 14.0. The van der Waals surface area contributed by atoms with Crippen LogP contribution in [0, 0.1) is 5.82 Å². The first-order valence-corrected chi connectivity index (χ1v) is 8.79.